The lowest BCUT2D eigenvalue weighted by molar-refractivity contribution is -0.161. The topological polar surface area (TPSA) is 231 Å². The molecule has 16 nitrogen and oxygen atoms in total. The van der Waals surface area contributed by atoms with Crippen LogP contribution in [-0.2, 0) is 55.8 Å². The fraction of sp³-hybridized carbons (Fsp3) is 0.615. The number of phosphoric acid groups is 2. The standard InChI is InChI=1S/C91H148O16P2/c1-4-7-10-13-16-19-22-25-28-31-34-36-37-38-39-40-41-42-43-44-45-46-47-49-52-53-56-59-62-65-68-71-74-77-89(94)101-80-86(92)81-103-108(97,98)104-82-87(93)83-105-109(99,100)106-85-88(107-91(96)79-76-73-70-67-64-61-58-55-50-33-30-27-24-21-18-15-12-9-6-3)84-102-90(95)78-75-72-69-66-63-60-57-54-51-48-35-32-29-26-23-20-17-14-11-8-5-2/h7-12,16-21,25-30,34-36,38-39,48,50,54-55,57,61,63-64,66,86-88,92-93H,4-6,13-15,22-24,31-33,37,40-47,49,51-53,56,58-60,62,65,67-85H2,1-3H3,(H,97,98)(H,99,100)/b10-7-,11-8-,12-9-,19-16-,20-17-,21-18-,28-25-,29-26-,30-27-,36-34-,39-38-,48-35-,55-50-,57-54-,64-61-,66-63-. The van der Waals surface area contributed by atoms with Gasteiger partial charge in [0.2, 0.25) is 0 Å². The molecule has 0 aromatic heterocycles. The average molecular weight is 1560 g/mol. The van der Waals surface area contributed by atoms with Crippen LogP contribution in [0.15, 0.2) is 194 Å². The maximum atomic E-state index is 13.0. The lowest BCUT2D eigenvalue weighted by Gasteiger charge is -2.21. The molecule has 0 aromatic carbocycles. The Morgan fingerprint density at radius 2 is 0.459 bits per heavy atom. The number of phosphoric ester groups is 2. The molecule has 0 spiro atoms. The van der Waals surface area contributed by atoms with E-state index in [1.54, 1.807) is 0 Å². The molecule has 5 unspecified atom stereocenters. The Bertz CT molecular complexity index is 2760. The molecule has 0 rings (SSSR count). The normalized spacial score (nSPS) is 14.9. The van der Waals surface area contributed by atoms with Gasteiger partial charge in [-0.3, -0.25) is 32.5 Å². The van der Waals surface area contributed by atoms with Crippen molar-refractivity contribution in [1.82, 2.24) is 0 Å². The predicted octanol–water partition coefficient (Wildman–Crippen LogP) is 25.1. The van der Waals surface area contributed by atoms with Gasteiger partial charge in [-0.05, 0) is 161 Å². The third-order valence-corrected chi connectivity index (χ3v) is 18.7. The highest BCUT2D eigenvalue weighted by Gasteiger charge is 2.29. The molecular formula is C91H148O16P2. The number of esters is 3. The van der Waals surface area contributed by atoms with Crippen molar-refractivity contribution >= 4 is 33.6 Å². The average Bonchev–Trinajstić information content (AvgIpc) is 0.906. The molecule has 0 saturated heterocycles. The molecule has 618 valence electrons. The molecule has 0 heterocycles. The van der Waals surface area contributed by atoms with E-state index in [-0.39, 0.29) is 19.3 Å². The summed E-state index contributed by atoms with van der Waals surface area (Å²) in [7, 11) is -9.83. The number of hydrogen-bond donors (Lipinski definition) is 4. The van der Waals surface area contributed by atoms with Gasteiger partial charge in [0.15, 0.2) is 6.10 Å². The summed E-state index contributed by atoms with van der Waals surface area (Å²) < 4.78 is 61.2. The Balaban J connectivity index is 4.58. The van der Waals surface area contributed by atoms with E-state index in [0.717, 1.165) is 154 Å². The van der Waals surface area contributed by atoms with Crippen molar-refractivity contribution in [2.45, 2.75) is 322 Å². The third-order valence-electron chi connectivity index (χ3n) is 16.8. The smallest absolute Gasteiger partial charge is 0.463 e. The van der Waals surface area contributed by atoms with Crippen molar-refractivity contribution in [3.63, 3.8) is 0 Å². The van der Waals surface area contributed by atoms with Gasteiger partial charge in [-0.25, -0.2) is 9.13 Å². The van der Waals surface area contributed by atoms with Gasteiger partial charge in [-0.2, -0.15) is 0 Å². The summed E-state index contributed by atoms with van der Waals surface area (Å²) in [5, 5.41) is 20.7. The molecule has 0 aliphatic carbocycles. The van der Waals surface area contributed by atoms with Crippen molar-refractivity contribution < 1.29 is 75.8 Å². The van der Waals surface area contributed by atoms with Crippen LogP contribution in [0.25, 0.3) is 0 Å². The first kappa shape index (κ1) is 103. The number of carbonyl (C=O) groups excluding carboxylic acids is 3. The van der Waals surface area contributed by atoms with E-state index >= 15 is 0 Å². The minimum Gasteiger partial charge on any atom is -0.463 e. The van der Waals surface area contributed by atoms with Gasteiger partial charge in [0.25, 0.3) is 0 Å². The van der Waals surface area contributed by atoms with Crippen LogP contribution < -0.4 is 0 Å². The van der Waals surface area contributed by atoms with E-state index in [0.29, 0.717) is 19.3 Å². The van der Waals surface area contributed by atoms with E-state index < -0.39 is 91.5 Å². The zero-order valence-electron chi connectivity index (χ0n) is 67.6. The molecular weight excluding hydrogens is 1410 g/mol. The molecule has 0 bridgehead atoms. The number of unbranched alkanes of at least 4 members (excludes halogenated alkanes) is 22. The Morgan fingerprint density at radius 1 is 0.257 bits per heavy atom. The lowest BCUT2D eigenvalue weighted by Crippen LogP contribution is -2.30. The van der Waals surface area contributed by atoms with Gasteiger partial charge < -0.3 is 34.2 Å². The summed E-state index contributed by atoms with van der Waals surface area (Å²) in [4.78, 5) is 58.7. The second kappa shape index (κ2) is 81.9. The number of rotatable bonds is 77. The second-order valence-electron chi connectivity index (χ2n) is 27.1. The van der Waals surface area contributed by atoms with E-state index in [1.807, 2.05) is 0 Å². The van der Waals surface area contributed by atoms with Crippen LogP contribution in [0.1, 0.15) is 303 Å². The molecule has 0 aliphatic heterocycles. The van der Waals surface area contributed by atoms with Crippen molar-refractivity contribution in [3.8, 4) is 0 Å². The number of allylic oxidation sites excluding steroid dienone is 32. The minimum atomic E-state index is -4.96. The Hall–Kier alpha value is -5.61. The Morgan fingerprint density at radius 3 is 0.752 bits per heavy atom. The summed E-state index contributed by atoms with van der Waals surface area (Å²) in [6.07, 6.45) is 108. The maximum absolute atomic E-state index is 13.0. The van der Waals surface area contributed by atoms with E-state index in [9.17, 15) is 43.5 Å². The van der Waals surface area contributed by atoms with Crippen LogP contribution in [0.5, 0.6) is 0 Å². The summed E-state index contributed by atoms with van der Waals surface area (Å²) in [6, 6.07) is 0. The van der Waals surface area contributed by atoms with Gasteiger partial charge in [0, 0.05) is 19.3 Å². The van der Waals surface area contributed by atoms with Gasteiger partial charge in [-0.15, -0.1) is 0 Å². The zero-order chi connectivity index (χ0) is 79.4. The van der Waals surface area contributed by atoms with Crippen LogP contribution >= 0.6 is 15.6 Å². The predicted molar refractivity (Wildman–Crippen MR) is 454 cm³/mol. The molecule has 0 saturated carbocycles. The maximum Gasteiger partial charge on any atom is 0.472 e. The number of aliphatic hydroxyl groups excluding tert-OH is 2. The Labute approximate surface area is 661 Å². The van der Waals surface area contributed by atoms with E-state index in [2.05, 4.69) is 215 Å². The van der Waals surface area contributed by atoms with Crippen molar-refractivity contribution in [2.75, 3.05) is 39.6 Å². The number of aliphatic hydroxyl groups is 2. The largest absolute Gasteiger partial charge is 0.472 e. The summed E-state index contributed by atoms with van der Waals surface area (Å²) in [5.74, 6) is -1.67. The first-order valence-corrected chi connectivity index (χ1v) is 44.7. The highest BCUT2D eigenvalue weighted by molar-refractivity contribution is 7.47. The Kier molecular flexibility index (Phi) is 77.7. The van der Waals surface area contributed by atoms with E-state index in [1.165, 1.54) is 89.9 Å². The number of ether oxygens (including phenoxy) is 3. The van der Waals surface area contributed by atoms with Crippen molar-refractivity contribution in [1.29, 1.82) is 0 Å². The van der Waals surface area contributed by atoms with Crippen molar-refractivity contribution in [3.05, 3.63) is 194 Å². The number of hydrogen-bond acceptors (Lipinski definition) is 14. The van der Waals surface area contributed by atoms with Gasteiger partial charge >= 0.3 is 33.6 Å². The SMILES string of the molecule is CC/C=C\C/C=C\C/C=C\C/C=C\C/C=C\C/C=C\CCCCC(=O)OCC(COP(=O)(O)OCC(O)COP(=O)(O)OCC(O)COC(=O)CCCCCCCCCCCCCCCCCCC/C=C\C/C=C\C/C=C\C/C=C\C/C=C\CC)OC(=O)CCCCC/C=C\C/C=C\C/C=C\C/C=C\C/C=C\CC. The van der Waals surface area contributed by atoms with Gasteiger partial charge in [0.1, 0.15) is 25.4 Å². The second-order valence-corrected chi connectivity index (χ2v) is 30.0. The van der Waals surface area contributed by atoms with Crippen LogP contribution in [-0.4, -0.2) is 95.9 Å². The summed E-state index contributed by atoms with van der Waals surface area (Å²) in [5.41, 5.74) is 0. The highest BCUT2D eigenvalue weighted by atomic mass is 31.2. The fourth-order valence-corrected chi connectivity index (χ4v) is 12.2. The fourth-order valence-electron chi connectivity index (χ4n) is 10.6. The molecule has 0 amide bonds. The zero-order valence-corrected chi connectivity index (χ0v) is 69.4. The molecule has 0 aliphatic rings. The van der Waals surface area contributed by atoms with Gasteiger partial charge in [-0.1, -0.05) is 318 Å². The number of carbonyl (C=O) groups is 3. The minimum absolute atomic E-state index is 0.0480. The van der Waals surface area contributed by atoms with Gasteiger partial charge in [0.05, 0.1) is 26.4 Å². The molecule has 0 radical (unpaired) electrons. The first-order valence-electron chi connectivity index (χ1n) is 41.7. The quantitative estimate of drug-likeness (QED) is 0.0146. The molecule has 18 heteroatoms. The third kappa shape index (κ3) is 83.2. The molecule has 5 atom stereocenters. The van der Waals surface area contributed by atoms with Crippen LogP contribution in [0, 0.1) is 0 Å². The summed E-state index contributed by atoms with van der Waals surface area (Å²) in [6.45, 7) is 2.24. The monoisotopic (exact) mass is 1560 g/mol. The highest BCUT2D eigenvalue weighted by Crippen LogP contribution is 2.45. The molecule has 0 aromatic rings. The molecule has 109 heavy (non-hydrogen) atoms. The molecule has 0 fully saturated rings. The summed E-state index contributed by atoms with van der Waals surface area (Å²) >= 11 is 0. The van der Waals surface area contributed by atoms with E-state index in [4.69, 9.17) is 32.3 Å². The van der Waals surface area contributed by atoms with Crippen molar-refractivity contribution in [2.24, 2.45) is 0 Å². The first-order chi connectivity index (χ1) is 53.2. The lowest BCUT2D eigenvalue weighted by atomic mass is 10.0. The van der Waals surface area contributed by atoms with Crippen LogP contribution in [0.2, 0.25) is 0 Å². The van der Waals surface area contributed by atoms with Crippen LogP contribution in [0.3, 0.4) is 0 Å². The molecule has 4 N–H and O–H groups in total. The van der Waals surface area contributed by atoms with Crippen LogP contribution in [0.4, 0.5) is 0 Å².